The number of carbonyl (C=O) groups excluding carboxylic acids is 1. The Morgan fingerprint density at radius 1 is 1.64 bits per heavy atom. The van der Waals surface area contributed by atoms with Crippen LogP contribution in [0.1, 0.15) is 19.8 Å². The first-order valence-corrected chi connectivity index (χ1v) is 4.60. The summed E-state index contributed by atoms with van der Waals surface area (Å²) < 4.78 is 9.92. The first-order chi connectivity index (χ1) is 6.72. The van der Waals surface area contributed by atoms with Crippen molar-refractivity contribution in [2.24, 2.45) is 0 Å². The Hall–Kier alpha value is -1.34. The van der Waals surface area contributed by atoms with Crippen molar-refractivity contribution < 1.29 is 14.3 Å². The molecule has 4 nitrogen and oxygen atoms in total. The van der Waals surface area contributed by atoms with Crippen LogP contribution in [-0.2, 0) is 14.3 Å². The highest BCUT2D eigenvalue weighted by atomic mass is 16.5. The number of rotatable bonds is 2. The molecule has 0 N–H and O–H groups in total. The van der Waals surface area contributed by atoms with Gasteiger partial charge < -0.3 is 9.47 Å². The summed E-state index contributed by atoms with van der Waals surface area (Å²) in [6, 6.07) is 1.84. The molecule has 1 saturated heterocycles. The molecule has 1 rings (SSSR count). The van der Waals surface area contributed by atoms with Gasteiger partial charge in [-0.15, -0.1) is 0 Å². The number of esters is 1. The molecule has 0 spiro atoms. The first kappa shape index (κ1) is 10.7. The Kier molecular flexibility index (Phi) is 4.14. The Morgan fingerprint density at radius 2 is 2.29 bits per heavy atom. The fraction of sp³-hybridized carbons (Fsp3) is 0.600. The predicted molar refractivity (Wildman–Crippen MR) is 49.3 cm³/mol. The van der Waals surface area contributed by atoms with Gasteiger partial charge >= 0.3 is 5.97 Å². The molecule has 1 heterocycles. The van der Waals surface area contributed by atoms with Gasteiger partial charge in [0.2, 0.25) is 0 Å². The van der Waals surface area contributed by atoms with Crippen LogP contribution in [0.15, 0.2) is 11.6 Å². The Bertz CT molecular complexity index is 270. The summed E-state index contributed by atoms with van der Waals surface area (Å²) in [6.45, 7) is 2.86. The van der Waals surface area contributed by atoms with E-state index in [0.717, 1.165) is 18.4 Å². The fourth-order valence-corrected chi connectivity index (χ4v) is 1.18. The van der Waals surface area contributed by atoms with Crippen molar-refractivity contribution in [2.45, 2.75) is 25.9 Å². The number of hydrogen-bond donors (Lipinski definition) is 0. The maximum Gasteiger partial charge on any atom is 0.332 e. The van der Waals surface area contributed by atoms with Crippen molar-refractivity contribution in [1.82, 2.24) is 0 Å². The van der Waals surface area contributed by atoms with Crippen molar-refractivity contribution in [3.63, 3.8) is 0 Å². The number of nitrogens with zero attached hydrogens (tertiary/aromatic N) is 1. The van der Waals surface area contributed by atoms with Gasteiger partial charge in [0.15, 0.2) is 6.10 Å². The van der Waals surface area contributed by atoms with E-state index in [4.69, 9.17) is 14.7 Å². The van der Waals surface area contributed by atoms with Crippen LogP contribution in [0.3, 0.4) is 0 Å². The molecule has 0 aliphatic carbocycles. The van der Waals surface area contributed by atoms with Gasteiger partial charge in [0.05, 0.1) is 13.2 Å². The van der Waals surface area contributed by atoms with E-state index >= 15 is 0 Å². The highest BCUT2D eigenvalue weighted by Gasteiger charge is 2.10. The molecule has 0 amide bonds. The second-order valence-corrected chi connectivity index (χ2v) is 3.12. The van der Waals surface area contributed by atoms with Gasteiger partial charge in [-0.05, 0) is 19.8 Å². The van der Waals surface area contributed by atoms with Crippen molar-refractivity contribution in [2.75, 3.05) is 13.2 Å². The molecule has 1 aliphatic rings. The fourth-order valence-electron chi connectivity index (χ4n) is 1.18. The normalized spacial score (nSPS) is 18.1. The molecule has 0 bridgehead atoms. The second kappa shape index (κ2) is 5.40. The van der Waals surface area contributed by atoms with E-state index in [0.29, 0.717) is 13.2 Å². The predicted octanol–water partition coefficient (Wildman–Crippen LogP) is 1.18. The van der Waals surface area contributed by atoms with Crippen molar-refractivity contribution in [1.29, 1.82) is 5.26 Å². The largest absolute Gasteiger partial charge is 0.444 e. The number of nitriles is 1. The van der Waals surface area contributed by atoms with Crippen LogP contribution in [-0.4, -0.2) is 25.3 Å². The molecule has 0 radical (unpaired) electrons. The molecule has 1 atom stereocenters. The zero-order chi connectivity index (χ0) is 10.4. The highest BCUT2D eigenvalue weighted by molar-refractivity contribution is 5.83. The van der Waals surface area contributed by atoms with Crippen molar-refractivity contribution >= 4 is 5.97 Å². The van der Waals surface area contributed by atoms with E-state index in [2.05, 4.69) is 0 Å². The van der Waals surface area contributed by atoms with E-state index in [1.54, 1.807) is 6.92 Å². The van der Waals surface area contributed by atoms with Gasteiger partial charge in [-0.1, -0.05) is 5.57 Å². The lowest BCUT2D eigenvalue weighted by molar-refractivity contribution is -0.139. The molecule has 0 saturated carbocycles. The topological polar surface area (TPSA) is 59.3 Å². The molecular formula is C10H13NO3. The third-order valence-corrected chi connectivity index (χ3v) is 1.93. The van der Waals surface area contributed by atoms with Gasteiger partial charge in [-0.3, -0.25) is 0 Å². The van der Waals surface area contributed by atoms with E-state index in [-0.39, 0.29) is 0 Å². The zero-order valence-electron chi connectivity index (χ0n) is 8.16. The molecule has 0 aromatic carbocycles. The van der Waals surface area contributed by atoms with Crippen molar-refractivity contribution in [3.8, 4) is 6.07 Å². The van der Waals surface area contributed by atoms with Crippen LogP contribution >= 0.6 is 0 Å². The number of hydrogen-bond acceptors (Lipinski definition) is 4. The summed E-state index contributed by atoms with van der Waals surface area (Å²) in [5.41, 5.74) is 1.03. The monoisotopic (exact) mass is 195 g/mol. The maximum atomic E-state index is 11.2. The summed E-state index contributed by atoms with van der Waals surface area (Å²) in [5.74, 6) is -0.434. The summed E-state index contributed by atoms with van der Waals surface area (Å²) in [6.07, 6.45) is 2.33. The molecule has 76 valence electrons. The Morgan fingerprint density at radius 3 is 2.86 bits per heavy atom. The second-order valence-electron chi connectivity index (χ2n) is 3.12. The van der Waals surface area contributed by atoms with Crippen LogP contribution in [0.25, 0.3) is 0 Å². The molecule has 0 aromatic rings. The third-order valence-electron chi connectivity index (χ3n) is 1.93. The minimum atomic E-state index is -0.681. The minimum absolute atomic E-state index is 0.434. The summed E-state index contributed by atoms with van der Waals surface area (Å²) >= 11 is 0. The molecule has 4 heteroatoms. The smallest absolute Gasteiger partial charge is 0.332 e. The SMILES string of the molecule is CC(C#N)OC(=O)C=C1CCOCC1. The van der Waals surface area contributed by atoms with Gasteiger partial charge in [0, 0.05) is 6.08 Å². The van der Waals surface area contributed by atoms with Gasteiger partial charge in [-0.2, -0.15) is 5.26 Å². The quantitative estimate of drug-likeness (QED) is 0.490. The Balaban J connectivity index is 2.42. The summed E-state index contributed by atoms with van der Waals surface area (Å²) in [7, 11) is 0. The highest BCUT2D eigenvalue weighted by Crippen LogP contribution is 2.13. The van der Waals surface area contributed by atoms with Gasteiger partial charge in [0.1, 0.15) is 6.07 Å². The molecule has 14 heavy (non-hydrogen) atoms. The lowest BCUT2D eigenvalue weighted by Crippen LogP contribution is -2.13. The van der Waals surface area contributed by atoms with E-state index in [9.17, 15) is 4.79 Å². The van der Waals surface area contributed by atoms with E-state index in [1.807, 2.05) is 6.07 Å². The lowest BCUT2D eigenvalue weighted by atomic mass is 10.1. The standard InChI is InChI=1S/C10H13NO3/c1-8(7-11)14-10(12)6-9-2-4-13-5-3-9/h6,8H,2-5H2,1H3. The first-order valence-electron chi connectivity index (χ1n) is 4.60. The van der Waals surface area contributed by atoms with Crippen LogP contribution in [0.4, 0.5) is 0 Å². The van der Waals surface area contributed by atoms with E-state index in [1.165, 1.54) is 6.08 Å². The van der Waals surface area contributed by atoms with Gasteiger partial charge in [0.25, 0.3) is 0 Å². The Labute approximate surface area is 83.1 Å². The molecular weight excluding hydrogens is 182 g/mol. The average Bonchev–Trinajstić information content (AvgIpc) is 2.19. The van der Waals surface area contributed by atoms with Crippen LogP contribution in [0, 0.1) is 11.3 Å². The molecule has 1 aliphatic heterocycles. The lowest BCUT2D eigenvalue weighted by Gasteiger charge is -2.14. The number of carbonyl (C=O) groups is 1. The third kappa shape index (κ3) is 3.58. The van der Waals surface area contributed by atoms with E-state index < -0.39 is 12.1 Å². The van der Waals surface area contributed by atoms with Gasteiger partial charge in [-0.25, -0.2) is 4.79 Å². The minimum Gasteiger partial charge on any atom is -0.444 e. The molecule has 1 fully saturated rings. The van der Waals surface area contributed by atoms with Crippen molar-refractivity contribution in [3.05, 3.63) is 11.6 Å². The summed E-state index contributed by atoms with van der Waals surface area (Å²) in [5, 5.41) is 8.42. The molecule has 0 aromatic heterocycles. The van der Waals surface area contributed by atoms with Crippen LogP contribution in [0.2, 0.25) is 0 Å². The summed E-state index contributed by atoms with van der Waals surface area (Å²) in [4.78, 5) is 11.2. The zero-order valence-corrected chi connectivity index (χ0v) is 8.16. The number of ether oxygens (including phenoxy) is 2. The maximum absolute atomic E-state index is 11.2. The van der Waals surface area contributed by atoms with Crippen LogP contribution in [0.5, 0.6) is 0 Å². The average molecular weight is 195 g/mol. The molecule has 1 unspecified atom stereocenters. The van der Waals surface area contributed by atoms with Crippen LogP contribution < -0.4 is 0 Å².